The Morgan fingerprint density at radius 1 is 0.744 bits per heavy atom. The highest BCUT2D eigenvalue weighted by molar-refractivity contribution is 14.1. The molecule has 5 aromatic carbocycles. The van der Waals surface area contributed by atoms with Gasteiger partial charge in [-0.1, -0.05) is 53.6 Å². The number of benzene rings is 5. The van der Waals surface area contributed by atoms with E-state index in [0.717, 1.165) is 4.90 Å². The minimum absolute atomic E-state index is 0.00290. The standard InChI is InChI=1S/C52H47Cl2IN8O14S/c1-18-9-24(64)16-26-37(18)25-11-20(3-6-29(25)55)38-47(70)61-41(48(71)60-40(26)52(74)75)43(66)21-4-7-32(27(53)12-21)76-34-14-23-15-35(45(34)68)77-33-8-5-22(13-28(33)54)44(67)42(63-19(2)10-30(56)51(63)73)49(72)58-31(17-36(57)65)46(69)59-39(23)50(78)62-38/h3-9,11-16,19,30-31,38-44,64,66-68H,10,17,56H2,1-2H3,(H2,57,65)(H,58,72)(H,59,69)(H,60,71)(H,61,70)(H,62,78)(H,74,75)/t19?,30-,31+,38-,39-,40+,41+,42-,43-,44-/m1/s1. The molecule has 0 spiro atoms. The van der Waals surface area contributed by atoms with Crippen LogP contribution in [0.15, 0.2) is 78.9 Å². The normalized spacial score (nSPS) is 25.3. The molecule has 0 aromatic heterocycles. The van der Waals surface area contributed by atoms with Crippen LogP contribution in [0.25, 0.3) is 11.1 Å². The Kier molecular flexibility index (Phi) is 15.5. The molecule has 6 heterocycles. The number of aliphatic hydroxyl groups excluding tert-OH is 2. The third-order valence-electron chi connectivity index (χ3n) is 13.8. The number of carboxylic acids is 1. The molecule has 26 heteroatoms. The summed E-state index contributed by atoms with van der Waals surface area (Å²) in [7, 11) is 0. The number of carbonyl (C=O) groups is 7. The van der Waals surface area contributed by atoms with E-state index in [4.69, 9.17) is 56.4 Å². The number of fused-ring (bicyclic) bond motifs is 15. The number of hydrogen-bond donors (Lipinski definition) is 12. The zero-order chi connectivity index (χ0) is 56.3. The van der Waals surface area contributed by atoms with Crippen molar-refractivity contribution in [2.75, 3.05) is 0 Å². The average Bonchev–Trinajstić information content (AvgIpc) is 3.64. The molecule has 11 bridgehead atoms. The van der Waals surface area contributed by atoms with Gasteiger partial charge in [0, 0.05) is 9.61 Å². The lowest BCUT2D eigenvalue weighted by Crippen LogP contribution is -2.59. The van der Waals surface area contributed by atoms with Crippen LogP contribution >= 0.6 is 58.0 Å². The largest absolute Gasteiger partial charge is 0.508 e. The number of carboxylic acid groups (broad SMARTS) is 1. The number of ether oxygens (including phenoxy) is 2. The SMILES string of the molecule is Cc1cc(O)cc2c1-c1cc(ccc1I)[C@H]1NC(=S)[C@@H]3NC(=O)[C@H](CC(N)=O)NC(=O)[C@H](N4C(=O)[C@H](N)CC4C)[C@H](O)c4ccc(c(Cl)c4)Oc4cc3cc(c4O)Oc3ccc(cc3Cl)[C@@H](O)[C@H](NC1=O)C(=O)N[C@@H]2C(=O)O. The summed E-state index contributed by atoms with van der Waals surface area (Å²) in [6.45, 7) is 3.20. The molecule has 0 radical (unpaired) electrons. The van der Waals surface area contributed by atoms with Crippen LogP contribution < -0.4 is 47.5 Å². The first kappa shape index (κ1) is 55.4. The summed E-state index contributed by atoms with van der Waals surface area (Å²) in [5.41, 5.74) is 12.7. The molecule has 0 saturated carbocycles. The molecule has 1 saturated heterocycles. The number of aryl methyl sites for hydroxylation is 1. The Morgan fingerprint density at radius 2 is 1.36 bits per heavy atom. The quantitative estimate of drug-likeness (QED) is 0.0897. The summed E-state index contributed by atoms with van der Waals surface area (Å²) in [6.07, 6.45) is -4.61. The van der Waals surface area contributed by atoms with Crippen molar-refractivity contribution in [1.82, 2.24) is 31.5 Å². The fourth-order valence-electron chi connectivity index (χ4n) is 10.00. The lowest BCUT2D eigenvalue weighted by Gasteiger charge is -2.35. The Bertz CT molecular complexity index is 3410. The smallest absolute Gasteiger partial charge is 0.330 e. The molecule has 6 aliphatic rings. The first-order valence-electron chi connectivity index (χ1n) is 23.8. The van der Waals surface area contributed by atoms with Gasteiger partial charge in [0.1, 0.15) is 64.7 Å². The van der Waals surface area contributed by atoms with E-state index in [2.05, 4.69) is 26.6 Å². The molecular formula is C52H47Cl2IN8O14S. The lowest BCUT2D eigenvalue weighted by molar-refractivity contribution is -0.145. The molecule has 78 heavy (non-hydrogen) atoms. The number of likely N-dealkylation sites (tertiary alicyclic amines) is 1. The number of aliphatic hydroxyl groups is 2. The van der Waals surface area contributed by atoms with Gasteiger partial charge >= 0.3 is 5.97 Å². The van der Waals surface area contributed by atoms with Crippen molar-refractivity contribution < 1.29 is 68.6 Å². The van der Waals surface area contributed by atoms with Crippen LogP contribution in [0.2, 0.25) is 10.0 Å². The number of nitrogens with two attached hydrogens (primary N) is 2. The summed E-state index contributed by atoms with van der Waals surface area (Å²) < 4.78 is 13.0. The number of amides is 6. The monoisotopic (exact) mass is 1240 g/mol. The number of phenols is 2. The number of phenolic OH excluding ortho intramolecular Hbond substituents is 2. The summed E-state index contributed by atoms with van der Waals surface area (Å²) in [4.78, 5) is 99.6. The van der Waals surface area contributed by atoms with Gasteiger partial charge in [0.05, 0.1) is 22.5 Å². The molecular weight excluding hydrogens is 1190 g/mol. The van der Waals surface area contributed by atoms with E-state index in [1.54, 1.807) is 26.0 Å². The molecule has 406 valence electrons. The van der Waals surface area contributed by atoms with Crippen molar-refractivity contribution in [2.45, 2.75) is 87.2 Å². The second-order valence-corrected chi connectivity index (χ2v) is 21.5. The maximum absolute atomic E-state index is 15.2. The van der Waals surface area contributed by atoms with Crippen molar-refractivity contribution in [3.05, 3.63) is 126 Å². The number of halogens is 3. The van der Waals surface area contributed by atoms with E-state index >= 15 is 4.79 Å². The maximum Gasteiger partial charge on any atom is 0.330 e. The summed E-state index contributed by atoms with van der Waals surface area (Å²) in [6, 6.07) is 4.60. The number of aliphatic carboxylic acids is 1. The first-order valence-corrected chi connectivity index (χ1v) is 26.1. The Hall–Kier alpha value is -7.33. The van der Waals surface area contributed by atoms with Crippen molar-refractivity contribution in [1.29, 1.82) is 0 Å². The zero-order valence-corrected chi connectivity index (χ0v) is 45.2. The predicted octanol–water partition coefficient (Wildman–Crippen LogP) is 3.90. The highest BCUT2D eigenvalue weighted by Gasteiger charge is 2.47. The fraction of sp³-hybridized carbons (Fsp3) is 0.269. The van der Waals surface area contributed by atoms with Gasteiger partial charge in [-0.05, 0) is 148 Å². The lowest BCUT2D eigenvalue weighted by atomic mass is 9.88. The summed E-state index contributed by atoms with van der Waals surface area (Å²) in [5.74, 6) is -9.98. The van der Waals surface area contributed by atoms with Crippen LogP contribution in [0.1, 0.15) is 83.5 Å². The van der Waals surface area contributed by atoms with Gasteiger partial charge in [0.15, 0.2) is 17.5 Å². The number of aromatic hydroxyl groups is 2. The maximum atomic E-state index is 15.2. The van der Waals surface area contributed by atoms with Gasteiger partial charge < -0.3 is 78.0 Å². The van der Waals surface area contributed by atoms with Gasteiger partial charge in [0.2, 0.25) is 41.2 Å². The van der Waals surface area contributed by atoms with Gasteiger partial charge in [0.25, 0.3) is 0 Å². The topological polar surface area (TPSA) is 355 Å². The Balaban J connectivity index is 1.28. The van der Waals surface area contributed by atoms with E-state index < -0.39 is 125 Å². The van der Waals surface area contributed by atoms with Crippen LogP contribution in [0, 0.1) is 10.5 Å². The van der Waals surface area contributed by atoms with E-state index in [9.17, 15) is 54.3 Å². The van der Waals surface area contributed by atoms with E-state index in [-0.39, 0.29) is 72.8 Å². The Morgan fingerprint density at radius 3 is 1.94 bits per heavy atom. The second-order valence-electron chi connectivity index (χ2n) is 19.1. The molecule has 0 aliphatic carbocycles. The van der Waals surface area contributed by atoms with E-state index in [1.807, 2.05) is 22.6 Å². The molecule has 22 nitrogen and oxygen atoms in total. The van der Waals surface area contributed by atoms with Gasteiger partial charge in [-0.2, -0.15) is 0 Å². The minimum Gasteiger partial charge on any atom is -0.508 e. The molecule has 6 amide bonds. The number of rotatable bonds is 4. The molecule has 1 fully saturated rings. The van der Waals surface area contributed by atoms with Gasteiger partial charge in [-0.25, -0.2) is 4.79 Å². The zero-order valence-electron chi connectivity index (χ0n) is 40.7. The van der Waals surface area contributed by atoms with Crippen LogP contribution in [0.4, 0.5) is 0 Å². The predicted molar refractivity (Wildman–Crippen MR) is 290 cm³/mol. The van der Waals surface area contributed by atoms with E-state index in [0.29, 0.717) is 14.7 Å². The highest BCUT2D eigenvalue weighted by Crippen LogP contribution is 2.47. The molecule has 11 rings (SSSR count). The molecule has 14 N–H and O–H groups in total. The number of nitrogens with zero attached hydrogens (tertiary/aromatic N) is 1. The van der Waals surface area contributed by atoms with Crippen molar-refractivity contribution in [3.8, 4) is 45.6 Å². The molecule has 10 atom stereocenters. The molecule has 6 aliphatic heterocycles. The summed E-state index contributed by atoms with van der Waals surface area (Å²) >= 11 is 21.7. The van der Waals surface area contributed by atoms with Gasteiger partial charge in [-0.3, -0.25) is 28.8 Å². The summed E-state index contributed by atoms with van der Waals surface area (Å²) in [5, 5.41) is 70.4. The van der Waals surface area contributed by atoms with E-state index in [1.165, 1.54) is 66.7 Å². The average molecular weight is 1240 g/mol. The van der Waals surface area contributed by atoms with Crippen molar-refractivity contribution in [3.63, 3.8) is 0 Å². The van der Waals surface area contributed by atoms with Crippen molar-refractivity contribution >= 4 is 104 Å². The third kappa shape index (κ3) is 10.7. The molecule has 5 aromatic rings. The first-order chi connectivity index (χ1) is 36.9. The van der Waals surface area contributed by atoms with Crippen molar-refractivity contribution in [2.24, 2.45) is 11.5 Å². The number of nitrogens with one attached hydrogen (secondary N) is 5. The van der Waals surface area contributed by atoms with Crippen LogP contribution in [-0.4, -0.2) is 107 Å². The third-order valence-corrected chi connectivity index (χ3v) is 15.6. The Labute approximate surface area is 471 Å². The second kappa shape index (κ2) is 21.8. The van der Waals surface area contributed by atoms with Crippen LogP contribution in [0.3, 0.4) is 0 Å². The van der Waals surface area contributed by atoms with Crippen LogP contribution in [-0.2, 0) is 33.6 Å². The number of carbonyl (C=O) groups excluding carboxylic acids is 6. The minimum atomic E-state index is -2.01. The van der Waals surface area contributed by atoms with Crippen LogP contribution in [0.5, 0.6) is 34.5 Å². The van der Waals surface area contributed by atoms with Gasteiger partial charge in [-0.15, -0.1) is 0 Å². The highest BCUT2D eigenvalue weighted by atomic mass is 127. The number of thiocarbonyl (C=S) groups is 1. The molecule has 1 unspecified atom stereocenters. The fourth-order valence-corrected chi connectivity index (χ4v) is 11.4. The number of hydrogen-bond acceptors (Lipinski definition) is 15. The number of primary amides is 1.